The van der Waals surface area contributed by atoms with Gasteiger partial charge in [-0.2, -0.15) is 5.21 Å². The monoisotopic (exact) mass is 521 g/mol. The highest BCUT2D eigenvalue weighted by Crippen LogP contribution is 2.30. The average molecular weight is 522 g/mol. The fourth-order valence-corrected chi connectivity index (χ4v) is 4.30. The SMILES string of the molecule is CCCCc1nc(Cl)c(COC(=O)[C@H](N)C(C)C)n1Cc1ccc(-c2ccccc2-c2nn[nH]n2)cc1. The highest BCUT2D eigenvalue weighted by molar-refractivity contribution is 6.30. The molecule has 194 valence electrons. The van der Waals surface area contributed by atoms with Crippen molar-refractivity contribution in [3.8, 4) is 22.5 Å². The number of nitrogens with one attached hydrogen (secondary N) is 1. The smallest absolute Gasteiger partial charge is 0.323 e. The first-order valence-corrected chi connectivity index (χ1v) is 12.8. The van der Waals surface area contributed by atoms with Crippen LogP contribution in [0.25, 0.3) is 22.5 Å². The van der Waals surface area contributed by atoms with Crippen molar-refractivity contribution in [3.63, 3.8) is 0 Å². The minimum Gasteiger partial charge on any atom is -0.458 e. The van der Waals surface area contributed by atoms with E-state index in [1.807, 2.05) is 38.1 Å². The predicted molar refractivity (Wildman–Crippen MR) is 143 cm³/mol. The maximum atomic E-state index is 12.4. The largest absolute Gasteiger partial charge is 0.458 e. The van der Waals surface area contributed by atoms with E-state index in [1.54, 1.807) is 0 Å². The summed E-state index contributed by atoms with van der Waals surface area (Å²) in [5.41, 5.74) is 10.6. The van der Waals surface area contributed by atoms with Gasteiger partial charge in [0.05, 0.1) is 5.69 Å². The molecule has 0 saturated carbocycles. The predicted octanol–water partition coefficient (Wildman–Crippen LogP) is 4.80. The van der Waals surface area contributed by atoms with Crippen LogP contribution in [-0.2, 0) is 29.1 Å². The normalized spacial score (nSPS) is 12.2. The molecule has 0 saturated heterocycles. The van der Waals surface area contributed by atoms with Gasteiger partial charge in [-0.05, 0) is 34.2 Å². The molecule has 1 atom stereocenters. The maximum Gasteiger partial charge on any atom is 0.323 e. The summed E-state index contributed by atoms with van der Waals surface area (Å²) >= 11 is 6.52. The van der Waals surface area contributed by atoms with Gasteiger partial charge in [-0.3, -0.25) is 4.79 Å². The average Bonchev–Trinajstić information content (AvgIpc) is 3.54. The zero-order valence-electron chi connectivity index (χ0n) is 21.3. The van der Waals surface area contributed by atoms with Gasteiger partial charge < -0.3 is 15.0 Å². The molecule has 3 N–H and O–H groups in total. The third-order valence-corrected chi connectivity index (χ3v) is 6.62. The third kappa shape index (κ3) is 6.23. The molecule has 0 fully saturated rings. The van der Waals surface area contributed by atoms with Gasteiger partial charge in [0.15, 0.2) is 5.15 Å². The number of carbonyl (C=O) groups is 1. The number of nitrogens with two attached hydrogens (primary N) is 1. The number of H-pyrrole nitrogens is 1. The van der Waals surface area contributed by atoms with Crippen molar-refractivity contribution in [1.29, 1.82) is 0 Å². The number of esters is 1. The van der Waals surface area contributed by atoms with Crippen molar-refractivity contribution in [2.75, 3.05) is 0 Å². The molecule has 0 aliphatic carbocycles. The van der Waals surface area contributed by atoms with Crippen LogP contribution in [0.5, 0.6) is 0 Å². The van der Waals surface area contributed by atoms with Crippen LogP contribution in [0, 0.1) is 5.92 Å². The Morgan fingerprint density at radius 1 is 1.14 bits per heavy atom. The maximum absolute atomic E-state index is 12.4. The van der Waals surface area contributed by atoms with Crippen molar-refractivity contribution in [3.05, 3.63) is 70.8 Å². The van der Waals surface area contributed by atoms with Gasteiger partial charge >= 0.3 is 5.97 Å². The Balaban J connectivity index is 1.58. The molecule has 0 unspecified atom stereocenters. The zero-order chi connectivity index (χ0) is 26.4. The molecule has 9 nitrogen and oxygen atoms in total. The lowest BCUT2D eigenvalue weighted by Crippen LogP contribution is -2.37. The second kappa shape index (κ2) is 12.1. The molecule has 0 aliphatic rings. The third-order valence-electron chi connectivity index (χ3n) is 6.32. The number of imidazole rings is 1. The molecular formula is C27H32ClN7O2. The Hall–Kier alpha value is -3.56. The lowest BCUT2D eigenvalue weighted by molar-refractivity contribution is -0.147. The van der Waals surface area contributed by atoms with Crippen molar-refractivity contribution >= 4 is 17.6 Å². The number of benzene rings is 2. The molecule has 37 heavy (non-hydrogen) atoms. The molecule has 4 aromatic rings. The molecule has 2 heterocycles. The van der Waals surface area contributed by atoms with Crippen molar-refractivity contribution in [1.82, 2.24) is 30.2 Å². The topological polar surface area (TPSA) is 125 Å². The zero-order valence-corrected chi connectivity index (χ0v) is 22.1. The van der Waals surface area contributed by atoms with Crippen LogP contribution in [0.15, 0.2) is 48.5 Å². The molecule has 0 bridgehead atoms. The number of hydrogen-bond acceptors (Lipinski definition) is 7. The molecule has 4 rings (SSSR count). The van der Waals surface area contributed by atoms with Crippen LogP contribution in [-0.4, -0.2) is 42.2 Å². The molecule has 0 aliphatic heterocycles. The van der Waals surface area contributed by atoms with Crippen LogP contribution >= 0.6 is 11.6 Å². The molecule has 2 aromatic carbocycles. The first-order chi connectivity index (χ1) is 17.9. The fraction of sp³-hybridized carbons (Fsp3) is 0.370. The summed E-state index contributed by atoms with van der Waals surface area (Å²) in [6.45, 7) is 6.48. The van der Waals surface area contributed by atoms with E-state index in [9.17, 15) is 4.79 Å². The quantitative estimate of drug-likeness (QED) is 0.271. The molecule has 0 spiro atoms. The van der Waals surface area contributed by atoms with E-state index in [4.69, 9.17) is 22.1 Å². The molecule has 10 heteroatoms. The van der Waals surface area contributed by atoms with E-state index < -0.39 is 12.0 Å². The Labute approximate surface area is 221 Å². The van der Waals surface area contributed by atoms with Gasteiger partial charge in [-0.15, -0.1) is 10.2 Å². The molecule has 0 radical (unpaired) electrons. The Morgan fingerprint density at radius 2 is 1.86 bits per heavy atom. The second-order valence-electron chi connectivity index (χ2n) is 9.31. The number of hydrogen-bond donors (Lipinski definition) is 2. The van der Waals surface area contributed by atoms with Crippen molar-refractivity contribution in [2.45, 2.75) is 59.2 Å². The summed E-state index contributed by atoms with van der Waals surface area (Å²) in [5, 5.41) is 14.8. The molecular weight excluding hydrogens is 490 g/mol. The summed E-state index contributed by atoms with van der Waals surface area (Å²) < 4.78 is 7.58. The highest BCUT2D eigenvalue weighted by atomic mass is 35.5. The number of aromatic amines is 1. The first kappa shape index (κ1) is 26.5. The van der Waals surface area contributed by atoms with Gasteiger partial charge in [0.1, 0.15) is 18.5 Å². The number of unbranched alkanes of at least 4 members (excludes halogenated alkanes) is 1. The Morgan fingerprint density at radius 3 is 2.51 bits per heavy atom. The Bertz CT molecular complexity index is 1320. The summed E-state index contributed by atoms with van der Waals surface area (Å²) in [6.07, 6.45) is 2.80. The van der Waals surface area contributed by atoms with E-state index >= 15 is 0 Å². The first-order valence-electron chi connectivity index (χ1n) is 12.5. The summed E-state index contributed by atoms with van der Waals surface area (Å²) in [6, 6.07) is 15.5. The van der Waals surface area contributed by atoms with Crippen LogP contribution in [0.4, 0.5) is 0 Å². The van der Waals surface area contributed by atoms with E-state index in [1.165, 1.54) is 0 Å². The summed E-state index contributed by atoms with van der Waals surface area (Å²) in [4.78, 5) is 17.0. The van der Waals surface area contributed by atoms with Gasteiger partial charge in [0.25, 0.3) is 0 Å². The van der Waals surface area contributed by atoms with Crippen LogP contribution in [0.1, 0.15) is 50.7 Å². The number of halogens is 1. The van der Waals surface area contributed by atoms with E-state index in [0.717, 1.165) is 47.3 Å². The van der Waals surface area contributed by atoms with Crippen molar-refractivity contribution in [2.24, 2.45) is 11.7 Å². The van der Waals surface area contributed by atoms with Gasteiger partial charge in [-0.1, -0.05) is 87.3 Å². The number of ether oxygens (including phenoxy) is 1. The minimum absolute atomic E-state index is 0.0169. The van der Waals surface area contributed by atoms with E-state index in [0.29, 0.717) is 23.2 Å². The summed E-state index contributed by atoms with van der Waals surface area (Å²) in [5.74, 6) is 0.956. The van der Waals surface area contributed by atoms with E-state index in [-0.39, 0.29) is 12.5 Å². The molecule has 0 amide bonds. The lowest BCUT2D eigenvalue weighted by Gasteiger charge is -2.16. The number of rotatable bonds is 11. The number of tetrazole rings is 1. The van der Waals surface area contributed by atoms with Crippen LogP contribution in [0.2, 0.25) is 5.15 Å². The summed E-state index contributed by atoms with van der Waals surface area (Å²) in [7, 11) is 0. The standard InChI is InChI=1S/C27H32ClN7O2/c1-4-5-10-23-30-25(28)22(16-37-27(36)24(29)17(2)3)35(23)15-18-11-13-19(14-12-18)20-8-6-7-9-21(20)26-31-33-34-32-26/h6-9,11-14,17,24H,4-5,10,15-16,29H2,1-3H3,(H,31,32,33,34)/t24-/m1/s1. The van der Waals surface area contributed by atoms with Gasteiger partial charge in [0.2, 0.25) is 5.82 Å². The number of aryl methyl sites for hydroxylation is 1. The van der Waals surface area contributed by atoms with Crippen molar-refractivity contribution < 1.29 is 9.53 Å². The fourth-order valence-electron chi connectivity index (χ4n) is 4.04. The van der Waals surface area contributed by atoms with Gasteiger partial charge in [-0.25, -0.2) is 4.98 Å². The lowest BCUT2D eigenvalue weighted by atomic mass is 9.98. The van der Waals surface area contributed by atoms with E-state index in [2.05, 4.69) is 61.4 Å². The minimum atomic E-state index is -0.683. The number of aromatic nitrogens is 6. The number of carbonyl (C=O) groups excluding carboxylic acids is 1. The Kier molecular flexibility index (Phi) is 8.68. The molecule has 2 aromatic heterocycles. The van der Waals surface area contributed by atoms with Crippen LogP contribution in [0.3, 0.4) is 0 Å². The van der Waals surface area contributed by atoms with Crippen LogP contribution < -0.4 is 5.73 Å². The second-order valence-corrected chi connectivity index (χ2v) is 9.67. The van der Waals surface area contributed by atoms with Gasteiger partial charge in [0, 0.05) is 18.5 Å². The number of nitrogens with zero attached hydrogens (tertiary/aromatic N) is 5. The highest BCUT2D eigenvalue weighted by Gasteiger charge is 2.22.